The van der Waals surface area contributed by atoms with E-state index in [1.54, 1.807) is 11.8 Å². The summed E-state index contributed by atoms with van der Waals surface area (Å²) < 4.78 is 35.7. The Bertz CT molecular complexity index is 219. The fourth-order valence-electron chi connectivity index (χ4n) is 1.35. The minimum Gasteiger partial charge on any atom is -0.481 e. The van der Waals surface area contributed by atoms with Crippen molar-refractivity contribution in [2.45, 2.75) is 32.9 Å². The standard InChI is InChI=1S/C10H18F3NO2/c1-3-14(7-8(2)9(15)16)6-4-5-10(11,12)13/h8H,3-7H2,1-2H3,(H,15,16). The lowest BCUT2D eigenvalue weighted by Crippen LogP contribution is -2.33. The summed E-state index contributed by atoms with van der Waals surface area (Å²) in [6, 6.07) is 0. The van der Waals surface area contributed by atoms with Crippen LogP contribution in [-0.2, 0) is 4.79 Å². The van der Waals surface area contributed by atoms with E-state index in [0.29, 0.717) is 13.1 Å². The lowest BCUT2D eigenvalue weighted by Gasteiger charge is -2.22. The van der Waals surface area contributed by atoms with Crippen molar-refractivity contribution in [2.24, 2.45) is 5.92 Å². The summed E-state index contributed by atoms with van der Waals surface area (Å²) in [5.74, 6) is -1.47. The first-order chi connectivity index (χ1) is 7.26. The Hall–Kier alpha value is -0.780. The van der Waals surface area contributed by atoms with Gasteiger partial charge in [0.2, 0.25) is 0 Å². The summed E-state index contributed by atoms with van der Waals surface area (Å²) in [7, 11) is 0. The lowest BCUT2D eigenvalue weighted by molar-refractivity contribution is -0.142. The van der Waals surface area contributed by atoms with Gasteiger partial charge in [0.25, 0.3) is 0 Å². The monoisotopic (exact) mass is 241 g/mol. The summed E-state index contributed by atoms with van der Waals surface area (Å²) >= 11 is 0. The van der Waals surface area contributed by atoms with Crippen LogP contribution in [-0.4, -0.2) is 41.8 Å². The van der Waals surface area contributed by atoms with Crippen LogP contribution in [0.2, 0.25) is 0 Å². The molecule has 0 aromatic carbocycles. The Morgan fingerprint density at radius 3 is 2.38 bits per heavy atom. The van der Waals surface area contributed by atoms with Gasteiger partial charge in [0.05, 0.1) is 5.92 Å². The molecule has 1 atom stereocenters. The number of carboxylic acid groups (broad SMARTS) is 1. The molecule has 0 aromatic rings. The van der Waals surface area contributed by atoms with E-state index in [1.807, 2.05) is 6.92 Å². The van der Waals surface area contributed by atoms with Crippen LogP contribution in [0, 0.1) is 5.92 Å². The van der Waals surface area contributed by atoms with Crippen molar-refractivity contribution in [2.75, 3.05) is 19.6 Å². The molecular weight excluding hydrogens is 223 g/mol. The molecule has 0 rings (SSSR count). The molecule has 1 unspecified atom stereocenters. The van der Waals surface area contributed by atoms with Gasteiger partial charge in [-0.3, -0.25) is 4.79 Å². The first kappa shape index (κ1) is 15.2. The number of nitrogens with zero attached hydrogens (tertiary/aromatic N) is 1. The SMILES string of the molecule is CCN(CCCC(F)(F)F)CC(C)C(=O)O. The molecule has 0 saturated carbocycles. The lowest BCUT2D eigenvalue weighted by atomic mass is 10.1. The predicted molar refractivity (Wildman–Crippen MR) is 54.2 cm³/mol. The molecule has 0 spiro atoms. The van der Waals surface area contributed by atoms with Gasteiger partial charge >= 0.3 is 12.1 Å². The topological polar surface area (TPSA) is 40.5 Å². The molecule has 0 aliphatic heterocycles. The largest absolute Gasteiger partial charge is 0.481 e. The average Bonchev–Trinajstić information content (AvgIpc) is 2.13. The van der Waals surface area contributed by atoms with Gasteiger partial charge in [-0.2, -0.15) is 13.2 Å². The summed E-state index contributed by atoms with van der Waals surface area (Å²) in [4.78, 5) is 12.3. The van der Waals surface area contributed by atoms with E-state index in [0.717, 1.165) is 0 Å². The highest BCUT2D eigenvalue weighted by atomic mass is 19.4. The quantitative estimate of drug-likeness (QED) is 0.744. The number of carboxylic acids is 1. The second-order valence-corrected chi connectivity index (χ2v) is 3.85. The van der Waals surface area contributed by atoms with Gasteiger partial charge in [-0.1, -0.05) is 13.8 Å². The minimum atomic E-state index is -4.13. The highest BCUT2D eigenvalue weighted by Gasteiger charge is 2.26. The van der Waals surface area contributed by atoms with Crippen molar-refractivity contribution in [1.82, 2.24) is 4.90 Å². The number of rotatable bonds is 7. The van der Waals surface area contributed by atoms with E-state index in [9.17, 15) is 18.0 Å². The highest BCUT2D eigenvalue weighted by Crippen LogP contribution is 2.21. The smallest absolute Gasteiger partial charge is 0.389 e. The Morgan fingerprint density at radius 1 is 1.44 bits per heavy atom. The van der Waals surface area contributed by atoms with Crippen molar-refractivity contribution in [3.63, 3.8) is 0 Å². The Kier molecular flexibility index (Phi) is 6.40. The third kappa shape index (κ3) is 7.50. The van der Waals surface area contributed by atoms with Gasteiger partial charge in [0.15, 0.2) is 0 Å². The fraction of sp³-hybridized carbons (Fsp3) is 0.900. The predicted octanol–water partition coefficient (Wildman–Crippen LogP) is 2.37. The normalized spacial score (nSPS) is 14.1. The molecule has 0 heterocycles. The van der Waals surface area contributed by atoms with Crippen molar-refractivity contribution in [1.29, 1.82) is 0 Å². The van der Waals surface area contributed by atoms with Crippen LogP contribution in [0.15, 0.2) is 0 Å². The van der Waals surface area contributed by atoms with Gasteiger partial charge in [-0.15, -0.1) is 0 Å². The summed E-state index contributed by atoms with van der Waals surface area (Å²) in [5.41, 5.74) is 0. The van der Waals surface area contributed by atoms with Crippen molar-refractivity contribution in [3.05, 3.63) is 0 Å². The summed E-state index contributed by atoms with van der Waals surface area (Å²) in [6.07, 6.45) is -4.92. The first-order valence-corrected chi connectivity index (χ1v) is 5.28. The molecule has 0 bridgehead atoms. The molecule has 0 aliphatic carbocycles. The summed E-state index contributed by atoms with van der Waals surface area (Å²) in [5, 5.41) is 8.67. The third-order valence-electron chi connectivity index (χ3n) is 2.34. The van der Waals surface area contributed by atoms with E-state index >= 15 is 0 Å². The van der Waals surface area contributed by atoms with Crippen molar-refractivity contribution < 1.29 is 23.1 Å². The van der Waals surface area contributed by atoms with Crippen molar-refractivity contribution in [3.8, 4) is 0 Å². The first-order valence-electron chi connectivity index (χ1n) is 5.28. The maximum absolute atomic E-state index is 11.9. The van der Waals surface area contributed by atoms with Crippen LogP contribution in [0.3, 0.4) is 0 Å². The number of halogens is 3. The van der Waals surface area contributed by atoms with Gasteiger partial charge < -0.3 is 10.0 Å². The van der Waals surface area contributed by atoms with Crippen LogP contribution in [0.25, 0.3) is 0 Å². The second kappa shape index (κ2) is 6.73. The average molecular weight is 241 g/mol. The maximum Gasteiger partial charge on any atom is 0.389 e. The van der Waals surface area contributed by atoms with Crippen molar-refractivity contribution >= 4 is 5.97 Å². The molecule has 0 aromatic heterocycles. The Morgan fingerprint density at radius 2 is 2.00 bits per heavy atom. The molecule has 0 saturated heterocycles. The van der Waals surface area contributed by atoms with Gasteiger partial charge in [0.1, 0.15) is 0 Å². The van der Waals surface area contributed by atoms with Gasteiger partial charge in [0, 0.05) is 13.0 Å². The van der Waals surface area contributed by atoms with E-state index in [-0.39, 0.29) is 13.0 Å². The van der Waals surface area contributed by atoms with Crippen LogP contribution >= 0.6 is 0 Å². The second-order valence-electron chi connectivity index (χ2n) is 3.85. The van der Waals surface area contributed by atoms with E-state index < -0.39 is 24.5 Å². The number of alkyl halides is 3. The summed E-state index contributed by atoms with van der Waals surface area (Å²) in [6.45, 7) is 4.50. The molecule has 0 amide bonds. The molecule has 0 aliphatic rings. The Labute approximate surface area is 93.2 Å². The minimum absolute atomic E-state index is 0.0175. The molecule has 1 N–H and O–H groups in total. The zero-order chi connectivity index (χ0) is 12.8. The number of hydrogen-bond donors (Lipinski definition) is 1. The van der Waals surface area contributed by atoms with Gasteiger partial charge in [-0.05, 0) is 19.5 Å². The van der Waals surface area contributed by atoms with Crippen LogP contribution in [0.4, 0.5) is 13.2 Å². The highest BCUT2D eigenvalue weighted by molar-refractivity contribution is 5.69. The molecule has 16 heavy (non-hydrogen) atoms. The fourth-order valence-corrected chi connectivity index (χ4v) is 1.35. The molecule has 6 heteroatoms. The molecular formula is C10H18F3NO2. The molecule has 96 valence electrons. The van der Waals surface area contributed by atoms with Crippen LogP contribution in [0.1, 0.15) is 26.7 Å². The number of aliphatic carboxylic acids is 1. The number of hydrogen-bond acceptors (Lipinski definition) is 2. The zero-order valence-corrected chi connectivity index (χ0v) is 9.55. The van der Waals surface area contributed by atoms with Crippen LogP contribution in [0.5, 0.6) is 0 Å². The van der Waals surface area contributed by atoms with E-state index in [4.69, 9.17) is 5.11 Å². The van der Waals surface area contributed by atoms with Gasteiger partial charge in [-0.25, -0.2) is 0 Å². The van der Waals surface area contributed by atoms with E-state index in [2.05, 4.69) is 0 Å². The van der Waals surface area contributed by atoms with E-state index in [1.165, 1.54) is 0 Å². The molecule has 0 fully saturated rings. The van der Waals surface area contributed by atoms with Crippen LogP contribution < -0.4 is 0 Å². The maximum atomic E-state index is 11.9. The number of carbonyl (C=O) groups is 1. The molecule has 0 radical (unpaired) electrons. The Balaban J connectivity index is 3.88. The zero-order valence-electron chi connectivity index (χ0n) is 9.55. The molecule has 3 nitrogen and oxygen atoms in total. The third-order valence-corrected chi connectivity index (χ3v) is 2.34.